The number of furan rings is 1. The van der Waals surface area contributed by atoms with Crippen molar-refractivity contribution in [1.29, 1.82) is 0 Å². The highest BCUT2D eigenvalue weighted by Gasteiger charge is 2.11. The van der Waals surface area contributed by atoms with Crippen LogP contribution in [0.15, 0.2) is 65.3 Å². The predicted molar refractivity (Wildman–Crippen MR) is 82.0 cm³/mol. The molecule has 0 atom stereocenters. The summed E-state index contributed by atoms with van der Waals surface area (Å²) in [5, 5.41) is 2.56. The Bertz CT molecular complexity index is 912. The van der Waals surface area contributed by atoms with Crippen molar-refractivity contribution in [1.82, 2.24) is 4.98 Å². The Morgan fingerprint density at radius 3 is 2.55 bits per heavy atom. The lowest BCUT2D eigenvalue weighted by molar-refractivity contribution is 0.667. The highest BCUT2D eigenvalue weighted by molar-refractivity contribution is 6.37. The first-order valence-electron chi connectivity index (χ1n) is 6.34. The number of benzene rings is 2. The number of rotatable bonds is 1. The molecule has 4 aromatic rings. The van der Waals surface area contributed by atoms with Crippen LogP contribution >= 0.6 is 11.6 Å². The van der Waals surface area contributed by atoms with Gasteiger partial charge in [-0.05, 0) is 23.3 Å². The number of hydrogen-bond acceptors (Lipinski definition) is 2. The molecule has 3 heteroatoms. The summed E-state index contributed by atoms with van der Waals surface area (Å²) in [5.41, 5.74) is 3.87. The highest BCUT2D eigenvalue weighted by atomic mass is 35.5. The lowest BCUT2D eigenvalue weighted by Crippen LogP contribution is -1.77. The molecule has 0 aliphatic heterocycles. The minimum Gasteiger partial charge on any atom is -0.454 e. The summed E-state index contributed by atoms with van der Waals surface area (Å²) in [6.45, 7) is 0. The van der Waals surface area contributed by atoms with Gasteiger partial charge in [-0.25, -0.2) is 0 Å². The Morgan fingerprint density at radius 2 is 1.70 bits per heavy atom. The first kappa shape index (κ1) is 11.5. The van der Waals surface area contributed by atoms with Gasteiger partial charge in [-0.15, -0.1) is 0 Å². The fourth-order valence-corrected chi connectivity index (χ4v) is 2.75. The van der Waals surface area contributed by atoms with Crippen LogP contribution in [0, 0.1) is 0 Å². The zero-order valence-corrected chi connectivity index (χ0v) is 11.3. The molecule has 2 nitrogen and oxygen atoms in total. The molecule has 0 saturated carbocycles. The van der Waals surface area contributed by atoms with Gasteiger partial charge in [-0.1, -0.05) is 48.0 Å². The summed E-state index contributed by atoms with van der Waals surface area (Å²) >= 11 is 6.25. The molecule has 2 aromatic carbocycles. The van der Waals surface area contributed by atoms with Gasteiger partial charge in [0.25, 0.3) is 0 Å². The van der Waals surface area contributed by atoms with Gasteiger partial charge < -0.3 is 4.42 Å². The fourth-order valence-electron chi connectivity index (χ4n) is 2.50. The van der Waals surface area contributed by atoms with Crippen LogP contribution in [0.1, 0.15) is 0 Å². The number of nitrogens with zero attached hydrogens (tertiary/aromatic N) is 1. The molecule has 4 rings (SSSR count). The molecule has 0 radical (unpaired) electrons. The third-order valence-corrected chi connectivity index (χ3v) is 3.73. The Hall–Kier alpha value is -2.32. The molecule has 0 unspecified atom stereocenters. The summed E-state index contributed by atoms with van der Waals surface area (Å²) in [6.07, 6.45) is 3.34. The van der Waals surface area contributed by atoms with E-state index in [1.165, 1.54) is 5.56 Å². The molecule has 2 aromatic heterocycles. The van der Waals surface area contributed by atoms with E-state index in [9.17, 15) is 0 Å². The maximum atomic E-state index is 6.25. The van der Waals surface area contributed by atoms with Gasteiger partial charge in [0.15, 0.2) is 5.58 Å². The molecule has 0 fully saturated rings. The van der Waals surface area contributed by atoms with Gasteiger partial charge >= 0.3 is 0 Å². The third kappa shape index (κ3) is 1.69. The molecular formula is C17H10ClNO. The summed E-state index contributed by atoms with van der Waals surface area (Å²) < 4.78 is 5.78. The van der Waals surface area contributed by atoms with E-state index in [1.807, 2.05) is 24.3 Å². The van der Waals surface area contributed by atoms with Crippen molar-refractivity contribution in [3.05, 3.63) is 65.9 Å². The topological polar surface area (TPSA) is 26.0 Å². The number of pyridine rings is 1. The average molecular weight is 280 g/mol. The molecule has 2 heterocycles. The number of fused-ring (bicyclic) bond motifs is 3. The van der Waals surface area contributed by atoms with Crippen molar-refractivity contribution < 1.29 is 4.42 Å². The van der Waals surface area contributed by atoms with E-state index >= 15 is 0 Å². The van der Waals surface area contributed by atoms with E-state index < -0.39 is 0 Å². The van der Waals surface area contributed by atoms with Crippen LogP contribution in [0.5, 0.6) is 0 Å². The van der Waals surface area contributed by atoms with Crippen molar-refractivity contribution in [3.8, 4) is 11.1 Å². The van der Waals surface area contributed by atoms with Crippen LogP contribution in [0.4, 0.5) is 0 Å². The van der Waals surface area contributed by atoms with Crippen LogP contribution in [-0.4, -0.2) is 4.98 Å². The van der Waals surface area contributed by atoms with E-state index in [4.69, 9.17) is 16.0 Å². The Morgan fingerprint density at radius 1 is 0.850 bits per heavy atom. The van der Waals surface area contributed by atoms with Crippen molar-refractivity contribution in [2.75, 3.05) is 0 Å². The van der Waals surface area contributed by atoms with Gasteiger partial charge in [-0.3, -0.25) is 4.98 Å². The summed E-state index contributed by atoms with van der Waals surface area (Å²) in [5.74, 6) is 0. The van der Waals surface area contributed by atoms with Crippen LogP contribution in [0.3, 0.4) is 0 Å². The van der Waals surface area contributed by atoms with Crippen molar-refractivity contribution in [3.63, 3.8) is 0 Å². The van der Waals surface area contributed by atoms with Crippen molar-refractivity contribution >= 4 is 33.5 Å². The lowest BCUT2D eigenvalue weighted by atomic mass is 10.0. The molecule has 0 N–H and O–H groups in total. The van der Waals surface area contributed by atoms with Gasteiger partial charge in [0.1, 0.15) is 5.58 Å². The average Bonchev–Trinajstić information content (AvgIpc) is 2.87. The first-order chi connectivity index (χ1) is 9.83. The normalized spacial score (nSPS) is 11.2. The largest absolute Gasteiger partial charge is 0.454 e. The van der Waals surface area contributed by atoms with Crippen molar-refractivity contribution in [2.45, 2.75) is 0 Å². The minimum absolute atomic E-state index is 0.617. The van der Waals surface area contributed by atoms with E-state index in [0.29, 0.717) is 5.02 Å². The molecule has 0 amide bonds. The van der Waals surface area contributed by atoms with Gasteiger partial charge in [0, 0.05) is 11.6 Å². The number of hydrogen-bond donors (Lipinski definition) is 0. The maximum Gasteiger partial charge on any atom is 0.155 e. The van der Waals surface area contributed by atoms with E-state index in [2.05, 4.69) is 29.2 Å². The van der Waals surface area contributed by atoms with E-state index in [1.54, 1.807) is 12.4 Å². The quantitative estimate of drug-likeness (QED) is 0.472. The van der Waals surface area contributed by atoms with Gasteiger partial charge in [0.05, 0.1) is 16.6 Å². The van der Waals surface area contributed by atoms with Crippen LogP contribution in [-0.2, 0) is 0 Å². The smallest absolute Gasteiger partial charge is 0.155 e. The van der Waals surface area contributed by atoms with E-state index in [-0.39, 0.29) is 0 Å². The fraction of sp³-hybridized carbons (Fsp3) is 0. The Balaban J connectivity index is 2.06. The Labute approximate surface area is 120 Å². The standard InChI is InChI=1S/C17H10ClNO/c18-14-9-19-10-16-17(14)13-8-12(6-7-15(13)20-16)11-4-2-1-3-5-11/h1-10H. The molecule has 96 valence electrons. The van der Waals surface area contributed by atoms with Crippen molar-refractivity contribution in [2.24, 2.45) is 0 Å². The number of halogens is 1. The van der Waals surface area contributed by atoms with Gasteiger partial charge in [-0.2, -0.15) is 0 Å². The minimum atomic E-state index is 0.617. The predicted octanol–water partition coefficient (Wildman–Crippen LogP) is 5.30. The molecule has 0 aliphatic carbocycles. The summed E-state index contributed by atoms with van der Waals surface area (Å²) in [7, 11) is 0. The van der Waals surface area contributed by atoms with Crippen LogP contribution in [0.2, 0.25) is 5.02 Å². The highest BCUT2D eigenvalue weighted by Crippen LogP contribution is 2.35. The van der Waals surface area contributed by atoms with E-state index in [0.717, 1.165) is 27.5 Å². The molecular weight excluding hydrogens is 270 g/mol. The molecule has 0 bridgehead atoms. The second kappa shape index (κ2) is 4.36. The Kier molecular flexibility index (Phi) is 2.51. The van der Waals surface area contributed by atoms with Crippen LogP contribution < -0.4 is 0 Å². The zero-order valence-electron chi connectivity index (χ0n) is 10.5. The third-order valence-electron chi connectivity index (χ3n) is 3.44. The molecule has 0 spiro atoms. The molecule has 20 heavy (non-hydrogen) atoms. The summed E-state index contributed by atoms with van der Waals surface area (Å²) in [4.78, 5) is 4.06. The monoisotopic (exact) mass is 279 g/mol. The SMILES string of the molecule is Clc1cncc2oc3ccc(-c4ccccc4)cc3c12. The second-order valence-corrected chi connectivity index (χ2v) is 5.08. The lowest BCUT2D eigenvalue weighted by Gasteiger charge is -2.01. The van der Waals surface area contributed by atoms with Gasteiger partial charge in [0.2, 0.25) is 0 Å². The first-order valence-corrected chi connectivity index (χ1v) is 6.72. The van der Waals surface area contributed by atoms with Crippen LogP contribution in [0.25, 0.3) is 33.1 Å². The number of aromatic nitrogens is 1. The zero-order chi connectivity index (χ0) is 13.5. The second-order valence-electron chi connectivity index (χ2n) is 4.67. The molecule has 0 saturated heterocycles. The molecule has 0 aliphatic rings. The maximum absolute atomic E-state index is 6.25. The summed E-state index contributed by atoms with van der Waals surface area (Å²) in [6, 6.07) is 16.4.